The van der Waals surface area contributed by atoms with Gasteiger partial charge in [0.1, 0.15) is 0 Å². The van der Waals surface area contributed by atoms with E-state index in [1.54, 1.807) is 0 Å². The fraction of sp³-hybridized carbons (Fsp3) is 0.917. The number of carbonyl (C=O) groups excluding carboxylic acids is 1. The van der Waals surface area contributed by atoms with Gasteiger partial charge in [-0.2, -0.15) is 0 Å². The number of nitrogens with two attached hydrogens (primary N) is 1. The molecular weight excluding hydrogens is 204 g/mol. The van der Waals surface area contributed by atoms with Crippen LogP contribution in [0.15, 0.2) is 0 Å². The Morgan fingerprint density at radius 2 is 2.25 bits per heavy atom. The normalized spacial score (nSPS) is 22.2. The van der Waals surface area contributed by atoms with Crippen molar-refractivity contribution in [2.24, 2.45) is 11.7 Å². The van der Waals surface area contributed by atoms with Crippen LogP contribution < -0.4 is 5.73 Å². The van der Waals surface area contributed by atoms with Crippen LogP contribution in [0.4, 0.5) is 0 Å². The van der Waals surface area contributed by atoms with Crippen LogP contribution in [-0.2, 0) is 9.53 Å². The maximum Gasteiger partial charge on any atom is 0.222 e. The summed E-state index contributed by atoms with van der Waals surface area (Å²) in [4.78, 5) is 13.7. The molecule has 94 valence electrons. The number of likely N-dealkylation sites (tertiary alicyclic amines) is 1. The van der Waals surface area contributed by atoms with Gasteiger partial charge in [0, 0.05) is 26.1 Å². The highest BCUT2D eigenvalue weighted by Crippen LogP contribution is 2.20. The molecule has 4 heteroatoms. The second-order valence-electron chi connectivity index (χ2n) is 4.38. The highest BCUT2D eigenvalue weighted by molar-refractivity contribution is 5.76. The highest BCUT2D eigenvalue weighted by atomic mass is 16.5. The smallest absolute Gasteiger partial charge is 0.222 e. The van der Waals surface area contributed by atoms with Crippen LogP contribution in [0, 0.1) is 5.92 Å². The molecule has 0 saturated carbocycles. The number of nitrogens with zero attached hydrogens (tertiary/aromatic N) is 1. The predicted octanol–water partition coefficient (Wildman–Crippen LogP) is 1.00. The van der Waals surface area contributed by atoms with E-state index in [-0.39, 0.29) is 5.91 Å². The third kappa shape index (κ3) is 4.49. The number of carbonyl (C=O) groups is 1. The van der Waals surface area contributed by atoms with Gasteiger partial charge >= 0.3 is 0 Å². The summed E-state index contributed by atoms with van der Waals surface area (Å²) in [5.41, 5.74) is 5.33. The minimum atomic E-state index is 0.285. The van der Waals surface area contributed by atoms with Crippen LogP contribution in [0.5, 0.6) is 0 Å². The van der Waals surface area contributed by atoms with E-state index in [2.05, 4.69) is 6.92 Å². The maximum absolute atomic E-state index is 11.8. The Balaban J connectivity index is 2.26. The molecule has 1 atom stereocenters. The topological polar surface area (TPSA) is 55.6 Å². The van der Waals surface area contributed by atoms with Crippen LogP contribution >= 0.6 is 0 Å². The van der Waals surface area contributed by atoms with Crippen molar-refractivity contribution in [2.75, 3.05) is 32.8 Å². The van der Waals surface area contributed by atoms with Crippen LogP contribution in [0.2, 0.25) is 0 Å². The highest BCUT2D eigenvalue weighted by Gasteiger charge is 2.20. The summed E-state index contributed by atoms with van der Waals surface area (Å²) in [6, 6.07) is 0. The first-order chi connectivity index (χ1) is 7.77. The van der Waals surface area contributed by atoms with E-state index in [1.807, 2.05) is 4.90 Å². The Morgan fingerprint density at radius 1 is 1.44 bits per heavy atom. The lowest BCUT2D eigenvalue weighted by Gasteiger charge is -2.20. The minimum Gasteiger partial charge on any atom is -0.378 e. The fourth-order valence-electron chi connectivity index (χ4n) is 2.10. The summed E-state index contributed by atoms with van der Waals surface area (Å²) in [7, 11) is 0. The molecule has 1 fully saturated rings. The predicted molar refractivity (Wildman–Crippen MR) is 64.1 cm³/mol. The molecule has 1 saturated heterocycles. The number of ether oxygens (including phenoxy) is 1. The zero-order valence-electron chi connectivity index (χ0n) is 10.3. The first-order valence-electron chi connectivity index (χ1n) is 6.33. The molecule has 1 heterocycles. The lowest BCUT2D eigenvalue weighted by atomic mass is 9.98. The van der Waals surface area contributed by atoms with E-state index >= 15 is 0 Å². The second kappa shape index (κ2) is 7.63. The molecule has 1 amide bonds. The van der Waals surface area contributed by atoms with Gasteiger partial charge < -0.3 is 15.4 Å². The van der Waals surface area contributed by atoms with Crippen molar-refractivity contribution in [2.45, 2.75) is 32.6 Å². The largest absolute Gasteiger partial charge is 0.378 e. The van der Waals surface area contributed by atoms with Crippen LogP contribution in [-0.4, -0.2) is 43.7 Å². The third-order valence-corrected chi connectivity index (χ3v) is 3.27. The molecule has 0 aromatic carbocycles. The number of hydrogen-bond donors (Lipinski definition) is 1. The zero-order valence-corrected chi connectivity index (χ0v) is 10.3. The standard InChI is InChI=1S/C12H24N2O2/c1-2-11-3-4-12(15)14(7-5-11)8-10-16-9-6-13/h11H,2-10,13H2,1H3. The van der Waals surface area contributed by atoms with Gasteiger partial charge in [0.25, 0.3) is 0 Å². The molecule has 2 N–H and O–H groups in total. The van der Waals surface area contributed by atoms with Gasteiger partial charge in [-0.15, -0.1) is 0 Å². The number of rotatable bonds is 6. The average Bonchev–Trinajstić information content (AvgIpc) is 2.47. The van der Waals surface area contributed by atoms with Crippen molar-refractivity contribution in [1.29, 1.82) is 0 Å². The minimum absolute atomic E-state index is 0.285. The SMILES string of the molecule is CCC1CCC(=O)N(CCOCCN)CC1. The molecule has 4 nitrogen and oxygen atoms in total. The molecule has 0 spiro atoms. The molecule has 16 heavy (non-hydrogen) atoms. The third-order valence-electron chi connectivity index (χ3n) is 3.27. The van der Waals surface area contributed by atoms with Crippen LogP contribution in [0.1, 0.15) is 32.6 Å². The summed E-state index contributed by atoms with van der Waals surface area (Å²) >= 11 is 0. The molecule has 1 aliphatic heterocycles. The molecule has 0 aliphatic carbocycles. The van der Waals surface area contributed by atoms with Crippen molar-refractivity contribution in [3.63, 3.8) is 0 Å². The van der Waals surface area contributed by atoms with Crippen molar-refractivity contribution in [3.8, 4) is 0 Å². The average molecular weight is 228 g/mol. The van der Waals surface area contributed by atoms with Crippen LogP contribution in [0.3, 0.4) is 0 Å². The van der Waals surface area contributed by atoms with E-state index in [9.17, 15) is 4.79 Å². The molecule has 0 aromatic heterocycles. The molecule has 0 bridgehead atoms. The summed E-state index contributed by atoms with van der Waals surface area (Å²) in [5, 5.41) is 0. The van der Waals surface area contributed by atoms with Crippen molar-refractivity contribution < 1.29 is 9.53 Å². The van der Waals surface area contributed by atoms with Crippen molar-refractivity contribution >= 4 is 5.91 Å². The van der Waals surface area contributed by atoms with Gasteiger partial charge in [-0.1, -0.05) is 13.3 Å². The van der Waals surface area contributed by atoms with E-state index in [0.29, 0.717) is 26.2 Å². The van der Waals surface area contributed by atoms with Gasteiger partial charge in [0.2, 0.25) is 5.91 Å². The van der Waals surface area contributed by atoms with Gasteiger partial charge in [-0.25, -0.2) is 0 Å². The fourth-order valence-corrected chi connectivity index (χ4v) is 2.10. The first-order valence-corrected chi connectivity index (χ1v) is 6.33. The van der Waals surface area contributed by atoms with E-state index < -0.39 is 0 Å². The summed E-state index contributed by atoms with van der Waals surface area (Å²) < 4.78 is 5.31. The molecule has 1 aliphatic rings. The Kier molecular flexibility index (Phi) is 6.42. The zero-order chi connectivity index (χ0) is 11.8. The quantitative estimate of drug-likeness (QED) is 0.690. The lowest BCUT2D eigenvalue weighted by molar-refractivity contribution is -0.131. The first kappa shape index (κ1) is 13.5. The monoisotopic (exact) mass is 228 g/mol. The summed E-state index contributed by atoms with van der Waals surface area (Å²) in [5.74, 6) is 1.01. The van der Waals surface area contributed by atoms with E-state index in [1.165, 1.54) is 6.42 Å². The summed E-state index contributed by atoms with van der Waals surface area (Å²) in [6.07, 6.45) is 4.08. The molecule has 1 unspecified atom stereocenters. The van der Waals surface area contributed by atoms with Crippen molar-refractivity contribution in [1.82, 2.24) is 4.90 Å². The van der Waals surface area contributed by atoms with Gasteiger partial charge in [-0.05, 0) is 18.8 Å². The van der Waals surface area contributed by atoms with Gasteiger partial charge in [0.15, 0.2) is 0 Å². The van der Waals surface area contributed by atoms with E-state index in [0.717, 1.165) is 31.8 Å². The lowest BCUT2D eigenvalue weighted by Crippen LogP contribution is -2.33. The second-order valence-corrected chi connectivity index (χ2v) is 4.38. The Labute approximate surface area is 98.1 Å². The maximum atomic E-state index is 11.8. The number of hydrogen-bond acceptors (Lipinski definition) is 3. The Morgan fingerprint density at radius 3 is 2.94 bits per heavy atom. The van der Waals surface area contributed by atoms with Crippen LogP contribution in [0.25, 0.3) is 0 Å². The molecule has 1 rings (SSSR count). The van der Waals surface area contributed by atoms with Crippen molar-refractivity contribution in [3.05, 3.63) is 0 Å². The van der Waals surface area contributed by atoms with Gasteiger partial charge in [0.05, 0.1) is 13.2 Å². The number of amides is 1. The molecule has 0 radical (unpaired) electrons. The van der Waals surface area contributed by atoms with Gasteiger partial charge in [-0.3, -0.25) is 4.79 Å². The summed E-state index contributed by atoms with van der Waals surface area (Å²) in [6.45, 7) is 5.55. The Hall–Kier alpha value is -0.610. The molecule has 0 aromatic rings. The van der Waals surface area contributed by atoms with E-state index in [4.69, 9.17) is 10.5 Å². The molecular formula is C12H24N2O2. The Bertz CT molecular complexity index is 209.